The summed E-state index contributed by atoms with van der Waals surface area (Å²) in [5, 5.41) is 1.12. The standard InChI is InChI=1S/C19H23Cl2N3/c1-6-23(4)12-22-18-9-14(3)19(10-13(18)2)24(5)15-7-8-16(20)17(21)11-15/h7-12H,6H2,1-5H3. The van der Waals surface area contributed by atoms with Crippen LogP contribution < -0.4 is 4.90 Å². The van der Waals surface area contributed by atoms with Gasteiger partial charge >= 0.3 is 0 Å². The zero-order valence-corrected chi connectivity index (χ0v) is 16.3. The monoisotopic (exact) mass is 363 g/mol. The fourth-order valence-corrected chi connectivity index (χ4v) is 2.65. The van der Waals surface area contributed by atoms with Crippen LogP contribution in [0, 0.1) is 13.8 Å². The van der Waals surface area contributed by atoms with Crippen molar-refractivity contribution in [2.75, 3.05) is 25.5 Å². The van der Waals surface area contributed by atoms with Gasteiger partial charge in [0, 0.05) is 32.0 Å². The molecule has 0 atom stereocenters. The molecule has 0 radical (unpaired) electrons. The Morgan fingerprint density at radius 3 is 2.33 bits per heavy atom. The molecule has 0 bridgehead atoms. The maximum absolute atomic E-state index is 6.14. The van der Waals surface area contributed by atoms with Gasteiger partial charge in [0.25, 0.3) is 0 Å². The van der Waals surface area contributed by atoms with E-state index >= 15 is 0 Å². The normalized spacial score (nSPS) is 11.1. The SMILES string of the molecule is CCN(C)C=Nc1cc(C)c(N(C)c2ccc(Cl)c(Cl)c2)cc1C. The number of halogens is 2. The van der Waals surface area contributed by atoms with E-state index in [1.807, 2.05) is 43.5 Å². The first-order valence-corrected chi connectivity index (χ1v) is 8.63. The molecule has 24 heavy (non-hydrogen) atoms. The highest BCUT2D eigenvalue weighted by atomic mass is 35.5. The Labute approximate surface area is 154 Å². The van der Waals surface area contributed by atoms with Gasteiger partial charge in [0.15, 0.2) is 0 Å². The zero-order valence-electron chi connectivity index (χ0n) is 14.8. The number of aliphatic imine (C=N–C) groups is 1. The lowest BCUT2D eigenvalue weighted by molar-refractivity contribution is 0.552. The molecule has 0 spiro atoms. The van der Waals surface area contributed by atoms with Crippen molar-refractivity contribution in [3.05, 3.63) is 51.5 Å². The van der Waals surface area contributed by atoms with Crippen molar-refractivity contribution in [1.29, 1.82) is 0 Å². The van der Waals surface area contributed by atoms with Crippen LogP contribution in [0.3, 0.4) is 0 Å². The molecule has 3 nitrogen and oxygen atoms in total. The number of anilines is 2. The molecule has 0 heterocycles. The number of nitrogens with zero attached hydrogens (tertiary/aromatic N) is 3. The minimum atomic E-state index is 0.555. The third-order valence-electron chi connectivity index (χ3n) is 4.06. The summed E-state index contributed by atoms with van der Waals surface area (Å²) in [5.74, 6) is 0. The van der Waals surface area contributed by atoms with Gasteiger partial charge in [-0.3, -0.25) is 0 Å². The van der Waals surface area contributed by atoms with Crippen molar-refractivity contribution < 1.29 is 0 Å². The fourth-order valence-electron chi connectivity index (χ4n) is 2.36. The summed E-state index contributed by atoms with van der Waals surface area (Å²) in [4.78, 5) is 8.73. The van der Waals surface area contributed by atoms with Gasteiger partial charge in [0.05, 0.1) is 22.1 Å². The number of hydrogen-bond acceptors (Lipinski definition) is 2. The Bertz CT molecular complexity index is 757. The summed E-state index contributed by atoms with van der Waals surface area (Å²) in [5.41, 5.74) is 5.38. The summed E-state index contributed by atoms with van der Waals surface area (Å²) < 4.78 is 0. The summed E-state index contributed by atoms with van der Waals surface area (Å²) in [7, 11) is 4.03. The van der Waals surface area contributed by atoms with Gasteiger partial charge in [-0.15, -0.1) is 0 Å². The van der Waals surface area contributed by atoms with Crippen LogP contribution >= 0.6 is 23.2 Å². The molecule has 0 aromatic heterocycles. The minimum Gasteiger partial charge on any atom is -0.366 e. The lowest BCUT2D eigenvalue weighted by atomic mass is 10.1. The number of rotatable bonds is 5. The topological polar surface area (TPSA) is 18.8 Å². The van der Waals surface area contributed by atoms with Crippen molar-refractivity contribution in [1.82, 2.24) is 4.90 Å². The van der Waals surface area contributed by atoms with Crippen molar-refractivity contribution >= 4 is 46.6 Å². The highest BCUT2D eigenvalue weighted by Crippen LogP contribution is 2.34. The molecular weight excluding hydrogens is 341 g/mol. The van der Waals surface area contributed by atoms with Gasteiger partial charge in [-0.05, 0) is 62.2 Å². The van der Waals surface area contributed by atoms with Crippen molar-refractivity contribution in [2.45, 2.75) is 20.8 Å². The van der Waals surface area contributed by atoms with Gasteiger partial charge in [0.2, 0.25) is 0 Å². The number of aryl methyl sites for hydroxylation is 2. The van der Waals surface area contributed by atoms with Gasteiger partial charge in [-0.1, -0.05) is 23.2 Å². The Balaban J connectivity index is 2.35. The molecule has 2 aromatic carbocycles. The van der Waals surface area contributed by atoms with Crippen LogP contribution in [0.2, 0.25) is 10.0 Å². The summed E-state index contributed by atoms with van der Waals surface area (Å²) in [6.07, 6.45) is 1.87. The summed E-state index contributed by atoms with van der Waals surface area (Å²) >= 11 is 12.2. The van der Waals surface area contributed by atoms with Gasteiger partial charge in [0.1, 0.15) is 0 Å². The van der Waals surface area contributed by atoms with E-state index in [-0.39, 0.29) is 0 Å². The predicted molar refractivity (Wildman–Crippen MR) is 107 cm³/mol. The second-order valence-corrected chi connectivity index (χ2v) is 6.71. The molecule has 128 valence electrons. The largest absolute Gasteiger partial charge is 0.366 e. The lowest BCUT2D eigenvalue weighted by Crippen LogP contribution is -2.14. The van der Waals surface area contributed by atoms with Crippen LogP contribution in [0.4, 0.5) is 17.1 Å². The highest BCUT2D eigenvalue weighted by Gasteiger charge is 2.11. The molecule has 2 aromatic rings. The Morgan fingerprint density at radius 1 is 1.00 bits per heavy atom. The average Bonchev–Trinajstić information content (AvgIpc) is 2.56. The maximum atomic E-state index is 6.14. The first-order chi connectivity index (χ1) is 11.3. The molecule has 2 rings (SSSR count). The first-order valence-electron chi connectivity index (χ1n) is 7.88. The molecule has 0 fully saturated rings. The van der Waals surface area contributed by atoms with Crippen LogP contribution in [0.5, 0.6) is 0 Å². The van der Waals surface area contributed by atoms with E-state index in [0.29, 0.717) is 10.0 Å². The molecule has 0 N–H and O–H groups in total. The van der Waals surface area contributed by atoms with E-state index in [1.165, 1.54) is 0 Å². The van der Waals surface area contributed by atoms with Crippen LogP contribution in [0.15, 0.2) is 35.3 Å². The number of hydrogen-bond donors (Lipinski definition) is 0. The molecule has 0 saturated carbocycles. The van der Waals surface area contributed by atoms with E-state index in [4.69, 9.17) is 23.2 Å². The van der Waals surface area contributed by atoms with E-state index in [1.54, 1.807) is 0 Å². The fraction of sp³-hybridized carbons (Fsp3) is 0.316. The lowest BCUT2D eigenvalue weighted by Gasteiger charge is -2.23. The Morgan fingerprint density at radius 2 is 1.71 bits per heavy atom. The van der Waals surface area contributed by atoms with Gasteiger partial charge < -0.3 is 9.80 Å². The third-order valence-corrected chi connectivity index (χ3v) is 4.80. The van der Waals surface area contributed by atoms with Crippen molar-refractivity contribution in [3.8, 4) is 0 Å². The second-order valence-electron chi connectivity index (χ2n) is 5.90. The van der Waals surface area contributed by atoms with Crippen molar-refractivity contribution in [3.63, 3.8) is 0 Å². The second kappa shape index (κ2) is 7.91. The molecule has 0 unspecified atom stereocenters. The van der Waals surface area contributed by atoms with Crippen LogP contribution in [0.25, 0.3) is 0 Å². The zero-order chi connectivity index (χ0) is 17.9. The molecule has 0 aliphatic rings. The first kappa shape index (κ1) is 18.6. The minimum absolute atomic E-state index is 0.555. The predicted octanol–water partition coefficient (Wildman–Crippen LogP) is 5.99. The molecule has 0 aliphatic carbocycles. The number of benzene rings is 2. The molecular formula is C19H23Cl2N3. The van der Waals surface area contributed by atoms with E-state index in [0.717, 1.165) is 34.7 Å². The highest BCUT2D eigenvalue weighted by molar-refractivity contribution is 6.42. The molecule has 0 saturated heterocycles. The molecule has 0 aliphatic heterocycles. The Hall–Kier alpha value is -1.71. The van der Waals surface area contributed by atoms with Gasteiger partial charge in [-0.2, -0.15) is 0 Å². The van der Waals surface area contributed by atoms with Crippen LogP contribution in [-0.4, -0.2) is 31.9 Å². The Kier molecular flexibility index (Phi) is 6.14. The van der Waals surface area contributed by atoms with Crippen LogP contribution in [0.1, 0.15) is 18.1 Å². The van der Waals surface area contributed by atoms with Crippen molar-refractivity contribution in [2.24, 2.45) is 4.99 Å². The molecule has 5 heteroatoms. The average molecular weight is 364 g/mol. The van der Waals surface area contributed by atoms with E-state index in [9.17, 15) is 0 Å². The third kappa shape index (κ3) is 4.22. The van der Waals surface area contributed by atoms with Gasteiger partial charge in [-0.25, -0.2) is 4.99 Å². The summed E-state index contributed by atoms with van der Waals surface area (Å²) in [6.45, 7) is 7.19. The van der Waals surface area contributed by atoms with Crippen LogP contribution in [-0.2, 0) is 0 Å². The smallest absolute Gasteiger partial charge is 0.0909 e. The molecule has 0 amide bonds. The van der Waals surface area contributed by atoms with E-state index < -0.39 is 0 Å². The summed E-state index contributed by atoms with van der Waals surface area (Å²) in [6, 6.07) is 9.92. The maximum Gasteiger partial charge on any atom is 0.0909 e. The quantitative estimate of drug-likeness (QED) is 0.479. The van der Waals surface area contributed by atoms with E-state index in [2.05, 4.69) is 42.8 Å².